The van der Waals surface area contributed by atoms with Crippen LogP contribution in [0.1, 0.15) is 43.7 Å². The lowest BCUT2D eigenvalue weighted by atomic mass is 9.47. The number of benzene rings is 1. The van der Waals surface area contributed by atoms with Crippen LogP contribution in [0.15, 0.2) is 12.1 Å². The SMILES string of the molecule is CCOC(=O)[C@H]1C[C@@]2(O)[C@H]3Cc4ccc(OC)c5c4[C@@]2(CCN3CC2CC2)[C@@H](O5)[C@H]1O. The quantitative estimate of drug-likeness (QED) is 0.684. The van der Waals surface area contributed by atoms with E-state index in [4.69, 9.17) is 14.2 Å². The first-order valence-corrected chi connectivity index (χ1v) is 11.6. The second kappa shape index (κ2) is 6.59. The minimum Gasteiger partial charge on any atom is -0.493 e. The molecule has 0 radical (unpaired) electrons. The van der Waals surface area contributed by atoms with Gasteiger partial charge in [-0.05, 0) is 63.1 Å². The van der Waals surface area contributed by atoms with Crippen molar-refractivity contribution in [1.29, 1.82) is 0 Å². The van der Waals surface area contributed by atoms with Crippen molar-refractivity contribution in [2.45, 2.75) is 68.3 Å². The maximum Gasteiger partial charge on any atom is 0.311 e. The van der Waals surface area contributed by atoms with Gasteiger partial charge in [0.15, 0.2) is 11.5 Å². The van der Waals surface area contributed by atoms with Crippen LogP contribution in [0.25, 0.3) is 0 Å². The van der Waals surface area contributed by atoms with E-state index in [0.29, 0.717) is 30.3 Å². The van der Waals surface area contributed by atoms with E-state index < -0.39 is 35.1 Å². The first kappa shape index (κ1) is 19.8. The summed E-state index contributed by atoms with van der Waals surface area (Å²) in [6.07, 6.45) is 2.35. The number of esters is 1. The number of carbonyl (C=O) groups excluding carboxylic acids is 1. The molecule has 1 aromatic carbocycles. The van der Waals surface area contributed by atoms with Crippen molar-refractivity contribution >= 4 is 5.97 Å². The molecule has 2 heterocycles. The van der Waals surface area contributed by atoms with E-state index in [0.717, 1.165) is 24.2 Å². The van der Waals surface area contributed by atoms with Crippen LogP contribution in [-0.4, -0.2) is 71.7 Å². The molecule has 0 amide bonds. The molecule has 5 aliphatic rings. The first-order valence-electron chi connectivity index (χ1n) is 11.6. The van der Waals surface area contributed by atoms with Gasteiger partial charge in [0.05, 0.1) is 30.7 Å². The summed E-state index contributed by atoms with van der Waals surface area (Å²) >= 11 is 0. The van der Waals surface area contributed by atoms with Gasteiger partial charge >= 0.3 is 5.97 Å². The normalized spacial score (nSPS) is 40.1. The Morgan fingerprint density at radius 1 is 1.35 bits per heavy atom. The average molecular weight is 430 g/mol. The Bertz CT molecular complexity index is 931. The molecule has 0 unspecified atom stereocenters. The van der Waals surface area contributed by atoms with Crippen LogP contribution in [0.4, 0.5) is 0 Å². The van der Waals surface area contributed by atoms with Gasteiger partial charge in [-0.2, -0.15) is 0 Å². The summed E-state index contributed by atoms with van der Waals surface area (Å²) in [4.78, 5) is 15.2. The number of hydrogen-bond donors (Lipinski definition) is 2. The van der Waals surface area contributed by atoms with Crippen LogP contribution in [-0.2, 0) is 21.4 Å². The molecule has 1 spiro atoms. The van der Waals surface area contributed by atoms with Gasteiger partial charge in [0, 0.05) is 18.2 Å². The Morgan fingerprint density at radius 2 is 2.16 bits per heavy atom. The van der Waals surface area contributed by atoms with Crippen LogP contribution in [0.3, 0.4) is 0 Å². The summed E-state index contributed by atoms with van der Waals surface area (Å²) in [6, 6.07) is 3.90. The summed E-state index contributed by atoms with van der Waals surface area (Å²) in [7, 11) is 1.61. The zero-order valence-electron chi connectivity index (χ0n) is 18.2. The third-order valence-corrected chi connectivity index (χ3v) is 8.61. The molecule has 1 aromatic rings. The zero-order chi connectivity index (χ0) is 21.5. The molecule has 168 valence electrons. The summed E-state index contributed by atoms with van der Waals surface area (Å²) in [5.74, 6) is 0.677. The molecule has 2 saturated carbocycles. The molecule has 0 aromatic heterocycles. The van der Waals surface area contributed by atoms with Crippen molar-refractivity contribution in [3.05, 3.63) is 23.3 Å². The lowest BCUT2D eigenvalue weighted by Crippen LogP contribution is -2.79. The van der Waals surface area contributed by atoms with Crippen molar-refractivity contribution in [2.75, 3.05) is 26.8 Å². The molecular formula is C24H31NO6. The monoisotopic (exact) mass is 429 g/mol. The highest BCUT2D eigenvalue weighted by Crippen LogP contribution is 2.66. The van der Waals surface area contributed by atoms with Gasteiger partial charge in [0.25, 0.3) is 0 Å². The van der Waals surface area contributed by atoms with Gasteiger partial charge in [-0.25, -0.2) is 0 Å². The van der Waals surface area contributed by atoms with Gasteiger partial charge in [-0.1, -0.05) is 6.07 Å². The topological polar surface area (TPSA) is 88.5 Å². The van der Waals surface area contributed by atoms with Crippen molar-refractivity contribution in [2.24, 2.45) is 11.8 Å². The van der Waals surface area contributed by atoms with Crippen LogP contribution in [0, 0.1) is 11.8 Å². The van der Waals surface area contributed by atoms with Gasteiger partial charge < -0.3 is 24.4 Å². The van der Waals surface area contributed by atoms with Gasteiger partial charge in [0.1, 0.15) is 12.2 Å². The van der Waals surface area contributed by atoms with Gasteiger partial charge in [0.2, 0.25) is 0 Å². The maximum atomic E-state index is 12.8. The van der Waals surface area contributed by atoms with E-state index in [2.05, 4.69) is 11.0 Å². The number of piperidine rings is 1. The zero-order valence-corrected chi connectivity index (χ0v) is 18.2. The molecule has 2 aliphatic heterocycles. The first-order chi connectivity index (χ1) is 14.9. The van der Waals surface area contributed by atoms with E-state index in [9.17, 15) is 15.0 Å². The van der Waals surface area contributed by atoms with Gasteiger partial charge in [-0.15, -0.1) is 0 Å². The van der Waals surface area contributed by atoms with Crippen molar-refractivity contribution in [1.82, 2.24) is 4.90 Å². The van der Waals surface area contributed by atoms with E-state index in [1.54, 1.807) is 14.0 Å². The average Bonchev–Trinajstić information content (AvgIpc) is 3.49. The lowest BCUT2D eigenvalue weighted by molar-refractivity contribution is -0.228. The van der Waals surface area contributed by atoms with Crippen LogP contribution in [0.5, 0.6) is 11.5 Å². The van der Waals surface area contributed by atoms with Crippen LogP contribution < -0.4 is 9.47 Å². The largest absolute Gasteiger partial charge is 0.493 e. The highest BCUT2D eigenvalue weighted by Gasteiger charge is 2.75. The molecule has 7 heteroatoms. The molecule has 6 atom stereocenters. The molecule has 3 fully saturated rings. The van der Waals surface area contributed by atoms with Crippen molar-refractivity contribution in [3.8, 4) is 11.5 Å². The number of ether oxygens (including phenoxy) is 3. The summed E-state index contributed by atoms with van der Waals surface area (Å²) < 4.78 is 17.3. The molecule has 2 N–H and O–H groups in total. The van der Waals surface area contributed by atoms with Crippen LogP contribution >= 0.6 is 0 Å². The smallest absolute Gasteiger partial charge is 0.311 e. The minimum atomic E-state index is -1.17. The Morgan fingerprint density at radius 3 is 2.87 bits per heavy atom. The number of aliphatic hydroxyl groups excluding tert-OH is 1. The fraction of sp³-hybridized carbons (Fsp3) is 0.708. The minimum absolute atomic E-state index is 0.107. The summed E-state index contributed by atoms with van der Waals surface area (Å²) in [5, 5.41) is 23.9. The fourth-order valence-electron chi connectivity index (χ4n) is 7.11. The molecule has 31 heavy (non-hydrogen) atoms. The molecule has 7 nitrogen and oxygen atoms in total. The summed E-state index contributed by atoms with van der Waals surface area (Å²) in [5.41, 5.74) is 0.238. The third kappa shape index (κ3) is 2.43. The Balaban J connectivity index is 1.52. The van der Waals surface area contributed by atoms with Crippen molar-refractivity contribution < 1.29 is 29.2 Å². The predicted octanol–water partition coefficient (Wildman–Crippen LogP) is 1.41. The number of hydrogen-bond acceptors (Lipinski definition) is 7. The van der Waals surface area contributed by atoms with Gasteiger partial charge in [-0.3, -0.25) is 9.69 Å². The third-order valence-electron chi connectivity index (χ3n) is 8.61. The lowest BCUT2D eigenvalue weighted by Gasteiger charge is -2.64. The highest BCUT2D eigenvalue weighted by molar-refractivity contribution is 5.75. The summed E-state index contributed by atoms with van der Waals surface area (Å²) in [6.45, 7) is 3.84. The van der Waals surface area contributed by atoms with E-state index >= 15 is 0 Å². The Hall–Kier alpha value is -1.83. The second-order valence-corrected chi connectivity index (χ2v) is 10.0. The predicted molar refractivity (Wildman–Crippen MR) is 111 cm³/mol. The highest BCUT2D eigenvalue weighted by atomic mass is 16.5. The molecule has 3 aliphatic carbocycles. The maximum absolute atomic E-state index is 12.8. The van der Waals surface area contributed by atoms with E-state index in [1.165, 1.54) is 12.8 Å². The van der Waals surface area contributed by atoms with E-state index in [1.807, 2.05) is 6.07 Å². The molecule has 6 rings (SSSR count). The van der Waals surface area contributed by atoms with Crippen molar-refractivity contribution in [3.63, 3.8) is 0 Å². The number of nitrogens with zero attached hydrogens (tertiary/aromatic N) is 1. The molecule has 2 bridgehead atoms. The number of methoxy groups -OCH3 is 1. The fourth-order valence-corrected chi connectivity index (χ4v) is 7.11. The number of likely N-dealkylation sites (tertiary alicyclic amines) is 1. The number of rotatable bonds is 5. The standard InChI is InChI=1S/C24H31NO6/c1-3-30-22(27)15-11-24(28)17-10-14-6-7-16(29-2)20-18(14)23(24,21(31-20)19(15)26)8-9-25(17)12-13-4-5-13/h6-7,13,15,17,19,21,26,28H,3-5,8-12H2,1-2H3/t15-,17+,19-,21-,23-,24+/m0/s1. The number of carbonyl (C=O) groups is 1. The second-order valence-electron chi connectivity index (χ2n) is 10.0. The number of aliphatic hydroxyl groups is 2. The Kier molecular flexibility index (Phi) is 4.22. The Labute approximate surface area is 182 Å². The van der Waals surface area contributed by atoms with Crippen LogP contribution in [0.2, 0.25) is 0 Å². The van der Waals surface area contributed by atoms with E-state index in [-0.39, 0.29) is 19.1 Å². The molecular weight excluding hydrogens is 398 g/mol. The molecule has 1 saturated heterocycles.